The van der Waals surface area contributed by atoms with Crippen molar-refractivity contribution in [1.29, 1.82) is 0 Å². The molecule has 0 aliphatic heterocycles. The molecule has 1 aromatic heterocycles. The minimum atomic E-state index is 0.719. The number of nitrogens with two attached hydrogens (primary N) is 1. The van der Waals surface area contributed by atoms with Gasteiger partial charge in [0.25, 0.3) is 0 Å². The summed E-state index contributed by atoms with van der Waals surface area (Å²) in [6, 6.07) is 15.4. The molecule has 0 aliphatic carbocycles. The van der Waals surface area contributed by atoms with E-state index in [0.717, 1.165) is 33.9 Å². The number of nitrogens with one attached hydrogen (secondary N) is 1. The molecule has 1 heterocycles. The third kappa shape index (κ3) is 2.33. The molecule has 0 unspecified atom stereocenters. The Bertz CT molecular complexity index is 737. The zero-order valence-corrected chi connectivity index (χ0v) is 10.6. The summed E-state index contributed by atoms with van der Waals surface area (Å²) < 4.78 is 0. The summed E-state index contributed by atoms with van der Waals surface area (Å²) in [6.07, 6.45) is 0. The minimum Gasteiger partial charge on any atom is -0.399 e. The second-order valence-electron chi connectivity index (χ2n) is 4.40. The van der Waals surface area contributed by atoms with E-state index in [1.165, 1.54) is 0 Å². The molecule has 19 heavy (non-hydrogen) atoms. The molecule has 94 valence electrons. The number of hydrogen-bond donors (Lipinski definition) is 2. The van der Waals surface area contributed by atoms with Crippen molar-refractivity contribution in [3.05, 3.63) is 54.2 Å². The molecule has 0 fully saturated rings. The molecule has 4 nitrogen and oxygen atoms in total. The van der Waals surface area contributed by atoms with E-state index < -0.39 is 0 Å². The van der Waals surface area contributed by atoms with Crippen LogP contribution in [0.5, 0.6) is 0 Å². The molecule has 0 amide bonds. The standard InChI is InChI=1S/C15H14N4/c1-10-15(18-12-6-4-5-11(16)9-12)19-14-8-3-2-7-13(14)17-10/h2-9H,16H2,1H3,(H,18,19). The summed E-state index contributed by atoms with van der Waals surface area (Å²) in [4.78, 5) is 9.12. The fourth-order valence-corrected chi connectivity index (χ4v) is 1.96. The Morgan fingerprint density at radius 2 is 1.68 bits per heavy atom. The van der Waals surface area contributed by atoms with Crippen LogP contribution in [0, 0.1) is 6.92 Å². The van der Waals surface area contributed by atoms with Gasteiger partial charge in [-0.25, -0.2) is 9.97 Å². The zero-order chi connectivity index (χ0) is 13.2. The third-order valence-corrected chi connectivity index (χ3v) is 2.89. The summed E-state index contributed by atoms with van der Waals surface area (Å²) in [5, 5.41) is 3.25. The molecule has 0 atom stereocenters. The van der Waals surface area contributed by atoms with Gasteiger partial charge in [-0.15, -0.1) is 0 Å². The predicted octanol–water partition coefficient (Wildman–Crippen LogP) is 3.26. The van der Waals surface area contributed by atoms with Crippen LogP contribution in [0.1, 0.15) is 5.69 Å². The highest BCUT2D eigenvalue weighted by molar-refractivity contribution is 5.77. The maximum absolute atomic E-state index is 5.76. The number of hydrogen-bond acceptors (Lipinski definition) is 4. The fraction of sp³-hybridized carbons (Fsp3) is 0.0667. The molecule has 0 spiro atoms. The van der Waals surface area contributed by atoms with Gasteiger partial charge in [0, 0.05) is 11.4 Å². The molecule has 0 bridgehead atoms. The Balaban J connectivity index is 2.03. The van der Waals surface area contributed by atoms with Gasteiger partial charge in [0.1, 0.15) is 0 Å². The Morgan fingerprint density at radius 3 is 2.42 bits per heavy atom. The number of nitrogens with zero attached hydrogens (tertiary/aromatic N) is 2. The first-order valence-corrected chi connectivity index (χ1v) is 6.08. The van der Waals surface area contributed by atoms with Crippen molar-refractivity contribution in [2.24, 2.45) is 0 Å². The molecule has 2 aromatic carbocycles. The second-order valence-corrected chi connectivity index (χ2v) is 4.40. The first kappa shape index (κ1) is 11.5. The molecule has 0 saturated carbocycles. The quantitative estimate of drug-likeness (QED) is 0.685. The van der Waals surface area contributed by atoms with Crippen LogP contribution in [0.25, 0.3) is 11.0 Å². The van der Waals surface area contributed by atoms with Crippen molar-refractivity contribution in [3.8, 4) is 0 Å². The van der Waals surface area contributed by atoms with Gasteiger partial charge in [-0.1, -0.05) is 18.2 Å². The number of rotatable bonds is 2. The smallest absolute Gasteiger partial charge is 0.152 e. The third-order valence-electron chi connectivity index (χ3n) is 2.89. The van der Waals surface area contributed by atoms with Crippen LogP contribution in [-0.2, 0) is 0 Å². The van der Waals surface area contributed by atoms with E-state index in [9.17, 15) is 0 Å². The first-order valence-electron chi connectivity index (χ1n) is 6.08. The molecular weight excluding hydrogens is 236 g/mol. The van der Waals surface area contributed by atoms with E-state index in [0.29, 0.717) is 0 Å². The van der Waals surface area contributed by atoms with E-state index in [4.69, 9.17) is 5.73 Å². The van der Waals surface area contributed by atoms with Crippen LogP contribution >= 0.6 is 0 Å². The van der Waals surface area contributed by atoms with Gasteiger partial charge in [0.05, 0.1) is 16.7 Å². The SMILES string of the molecule is Cc1nc2ccccc2nc1Nc1cccc(N)c1. The van der Waals surface area contributed by atoms with Gasteiger partial charge in [0.2, 0.25) is 0 Å². The van der Waals surface area contributed by atoms with Gasteiger partial charge in [-0.2, -0.15) is 0 Å². The summed E-state index contributed by atoms with van der Waals surface area (Å²) in [7, 11) is 0. The van der Waals surface area contributed by atoms with Gasteiger partial charge in [-0.3, -0.25) is 0 Å². The highest BCUT2D eigenvalue weighted by Crippen LogP contribution is 2.21. The van der Waals surface area contributed by atoms with E-state index in [1.807, 2.05) is 55.5 Å². The van der Waals surface area contributed by atoms with Crippen molar-refractivity contribution in [2.45, 2.75) is 6.92 Å². The van der Waals surface area contributed by atoms with Gasteiger partial charge in [-0.05, 0) is 37.3 Å². The summed E-state index contributed by atoms with van der Waals surface area (Å²) >= 11 is 0. The zero-order valence-electron chi connectivity index (χ0n) is 10.6. The lowest BCUT2D eigenvalue weighted by atomic mass is 10.2. The number of aromatic nitrogens is 2. The Morgan fingerprint density at radius 1 is 0.947 bits per heavy atom. The maximum Gasteiger partial charge on any atom is 0.152 e. The van der Waals surface area contributed by atoms with Crippen LogP contribution in [-0.4, -0.2) is 9.97 Å². The Labute approximate surface area is 111 Å². The van der Waals surface area contributed by atoms with Gasteiger partial charge < -0.3 is 11.1 Å². The van der Waals surface area contributed by atoms with Crippen molar-refractivity contribution in [1.82, 2.24) is 9.97 Å². The molecule has 0 aliphatic rings. The first-order chi connectivity index (χ1) is 9.22. The monoisotopic (exact) mass is 250 g/mol. The van der Waals surface area contributed by atoms with Gasteiger partial charge >= 0.3 is 0 Å². The molecule has 0 radical (unpaired) electrons. The Hall–Kier alpha value is -2.62. The highest BCUT2D eigenvalue weighted by Gasteiger charge is 2.05. The van der Waals surface area contributed by atoms with Crippen LogP contribution in [0.3, 0.4) is 0 Å². The van der Waals surface area contributed by atoms with E-state index in [1.54, 1.807) is 0 Å². The van der Waals surface area contributed by atoms with Crippen LogP contribution in [0.15, 0.2) is 48.5 Å². The lowest BCUT2D eigenvalue weighted by Gasteiger charge is -2.09. The van der Waals surface area contributed by atoms with Crippen molar-refractivity contribution >= 4 is 28.2 Å². The van der Waals surface area contributed by atoms with Crippen molar-refractivity contribution in [2.75, 3.05) is 11.1 Å². The molecule has 4 heteroatoms. The minimum absolute atomic E-state index is 0.719. The van der Waals surface area contributed by atoms with Crippen molar-refractivity contribution in [3.63, 3.8) is 0 Å². The fourth-order valence-electron chi connectivity index (χ4n) is 1.96. The van der Waals surface area contributed by atoms with Crippen molar-refractivity contribution < 1.29 is 0 Å². The molecule has 3 N–H and O–H groups in total. The number of fused-ring (bicyclic) bond motifs is 1. The lowest BCUT2D eigenvalue weighted by Crippen LogP contribution is -2.00. The topological polar surface area (TPSA) is 63.8 Å². The highest BCUT2D eigenvalue weighted by atomic mass is 15.0. The van der Waals surface area contributed by atoms with Crippen LogP contribution in [0.4, 0.5) is 17.2 Å². The average Bonchev–Trinajstić information content (AvgIpc) is 2.40. The van der Waals surface area contributed by atoms with Crippen LogP contribution < -0.4 is 11.1 Å². The molecule has 3 aromatic rings. The number of anilines is 3. The van der Waals surface area contributed by atoms with E-state index in [-0.39, 0.29) is 0 Å². The number of aryl methyl sites for hydroxylation is 1. The maximum atomic E-state index is 5.76. The van der Waals surface area contributed by atoms with Crippen LogP contribution in [0.2, 0.25) is 0 Å². The largest absolute Gasteiger partial charge is 0.399 e. The summed E-state index contributed by atoms with van der Waals surface area (Å²) in [5.74, 6) is 0.754. The second kappa shape index (κ2) is 4.57. The summed E-state index contributed by atoms with van der Waals surface area (Å²) in [5.41, 5.74) is 10.0. The summed E-state index contributed by atoms with van der Waals surface area (Å²) in [6.45, 7) is 1.94. The van der Waals surface area contributed by atoms with Gasteiger partial charge in [0.15, 0.2) is 5.82 Å². The normalized spacial score (nSPS) is 10.6. The van der Waals surface area contributed by atoms with E-state index >= 15 is 0 Å². The Kier molecular flexibility index (Phi) is 2.76. The molecule has 0 saturated heterocycles. The number of para-hydroxylation sites is 2. The van der Waals surface area contributed by atoms with E-state index in [2.05, 4.69) is 15.3 Å². The lowest BCUT2D eigenvalue weighted by molar-refractivity contribution is 1.18. The number of benzene rings is 2. The molecular formula is C15H14N4. The number of nitrogen functional groups attached to an aromatic ring is 1. The average molecular weight is 250 g/mol. The predicted molar refractivity (Wildman–Crippen MR) is 78.4 cm³/mol. The molecule has 3 rings (SSSR count).